The van der Waals surface area contributed by atoms with Gasteiger partial charge in [0, 0.05) is 6.54 Å². The lowest BCUT2D eigenvalue weighted by molar-refractivity contribution is -0.137. The first kappa shape index (κ1) is 7.97. The Kier molecular flexibility index (Phi) is 1.79. The minimum atomic E-state index is -0.470. The number of carbonyl (C=O) groups is 1. The minimum Gasteiger partial charge on any atom is -0.394 e. The molecule has 1 amide bonds. The summed E-state index contributed by atoms with van der Waals surface area (Å²) in [7, 11) is 0. The van der Waals surface area contributed by atoms with Crippen molar-refractivity contribution in [2.45, 2.75) is 11.6 Å². The van der Waals surface area contributed by atoms with Crippen molar-refractivity contribution in [3.05, 3.63) is 0 Å². The van der Waals surface area contributed by atoms with Crippen molar-refractivity contribution in [1.29, 1.82) is 0 Å². The van der Waals surface area contributed by atoms with Gasteiger partial charge in [-0.05, 0) is 0 Å². The van der Waals surface area contributed by atoms with Gasteiger partial charge in [0.05, 0.1) is 25.4 Å². The fourth-order valence-corrected chi connectivity index (χ4v) is 1.53. The molecule has 5 heteroatoms. The summed E-state index contributed by atoms with van der Waals surface area (Å²) in [5.41, 5.74) is -0.110. The largest absolute Gasteiger partial charge is 0.394 e. The molecule has 0 bridgehead atoms. The topological polar surface area (TPSA) is 70.6 Å². The number of rotatable bonds is 1. The van der Waals surface area contributed by atoms with E-state index in [0.29, 0.717) is 19.8 Å². The van der Waals surface area contributed by atoms with Crippen molar-refractivity contribution in [3.63, 3.8) is 0 Å². The third kappa shape index (κ3) is 1.10. The maximum atomic E-state index is 11.1. The zero-order chi connectivity index (χ0) is 8.60. The van der Waals surface area contributed by atoms with Gasteiger partial charge in [0.1, 0.15) is 6.04 Å². The van der Waals surface area contributed by atoms with E-state index in [1.807, 2.05) is 0 Å². The van der Waals surface area contributed by atoms with Crippen LogP contribution in [0.1, 0.15) is 0 Å². The lowest BCUT2D eigenvalue weighted by Crippen LogP contribution is -2.74. The van der Waals surface area contributed by atoms with Crippen LogP contribution in [0.4, 0.5) is 0 Å². The van der Waals surface area contributed by atoms with Crippen LogP contribution in [0.15, 0.2) is 0 Å². The highest BCUT2D eigenvalue weighted by molar-refractivity contribution is 5.83. The molecule has 0 radical (unpaired) electrons. The maximum absolute atomic E-state index is 11.1. The molecule has 2 aliphatic rings. The lowest BCUT2D eigenvalue weighted by Gasteiger charge is -2.47. The second-order valence-corrected chi connectivity index (χ2v) is 3.37. The summed E-state index contributed by atoms with van der Waals surface area (Å²) in [4.78, 5) is 11.1. The molecular weight excluding hydrogens is 160 g/mol. The Bertz CT molecular complexity index is 203. The van der Waals surface area contributed by atoms with Crippen LogP contribution in [0, 0.1) is 0 Å². The summed E-state index contributed by atoms with van der Waals surface area (Å²) in [6.45, 7) is 1.67. The molecule has 0 aromatic rings. The molecule has 2 rings (SSSR count). The summed E-state index contributed by atoms with van der Waals surface area (Å²) in [6, 6.07) is -0.470. The molecule has 5 nitrogen and oxygen atoms in total. The lowest BCUT2D eigenvalue weighted by atomic mass is 9.93. The van der Waals surface area contributed by atoms with E-state index in [0.717, 1.165) is 0 Å². The molecule has 68 valence electrons. The van der Waals surface area contributed by atoms with Crippen LogP contribution in [0.25, 0.3) is 0 Å². The van der Waals surface area contributed by atoms with Crippen LogP contribution in [0.2, 0.25) is 0 Å². The van der Waals surface area contributed by atoms with Gasteiger partial charge in [0.2, 0.25) is 5.91 Å². The predicted molar refractivity (Wildman–Crippen MR) is 40.6 cm³/mol. The van der Waals surface area contributed by atoms with Gasteiger partial charge < -0.3 is 15.2 Å². The van der Waals surface area contributed by atoms with E-state index in [-0.39, 0.29) is 18.1 Å². The van der Waals surface area contributed by atoms with Crippen LogP contribution in [0.5, 0.6) is 0 Å². The van der Waals surface area contributed by atoms with E-state index >= 15 is 0 Å². The van der Waals surface area contributed by atoms with Crippen LogP contribution in [0.3, 0.4) is 0 Å². The van der Waals surface area contributed by atoms with Gasteiger partial charge in [-0.15, -0.1) is 0 Å². The summed E-state index contributed by atoms with van der Waals surface area (Å²) in [5, 5.41) is 14.7. The van der Waals surface area contributed by atoms with Crippen molar-refractivity contribution < 1.29 is 14.6 Å². The molecule has 0 aliphatic carbocycles. The maximum Gasteiger partial charge on any atom is 0.239 e. The molecule has 0 aromatic carbocycles. The van der Waals surface area contributed by atoms with E-state index < -0.39 is 6.04 Å². The normalized spacial score (nSPS) is 32.8. The molecule has 2 aliphatic heterocycles. The number of aliphatic hydroxyl groups excluding tert-OH is 1. The molecule has 12 heavy (non-hydrogen) atoms. The highest BCUT2D eigenvalue weighted by Gasteiger charge is 2.44. The second-order valence-electron chi connectivity index (χ2n) is 3.37. The fraction of sp³-hybridized carbons (Fsp3) is 0.857. The van der Waals surface area contributed by atoms with E-state index in [4.69, 9.17) is 9.84 Å². The second kappa shape index (κ2) is 2.69. The van der Waals surface area contributed by atoms with Gasteiger partial charge in [-0.1, -0.05) is 0 Å². The van der Waals surface area contributed by atoms with Gasteiger partial charge in [-0.3, -0.25) is 10.1 Å². The smallest absolute Gasteiger partial charge is 0.239 e. The third-order valence-corrected chi connectivity index (χ3v) is 2.34. The summed E-state index contributed by atoms with van der Waals surface area (Å²) in [5.74, 6) is -0.130. The number of aliphatic hydroxyl groups is 1. The highest BCUT2D eigenvalue weighted by Crippen LogP contribution is 2.19. The average Bonchev–Trinajstić information content (AvgIpc) is 2.03. The van der Waals surface area contributed by atoms with Crippen molar-refractivity contribution in [2.75, 3.05) is 26.4 Å². The quantitative estimate of drug-likeness (QED) is 0.421. The van der Waals surface area contributed by atoms with Gasteiger partial charge in [-0.2, -0.15) is 0 Å². The Morgan fingerprint density at radius 1 is 1.67 bits per heavy atom. The van der Waals surface area contributed by atoms with Crippen molar-refractivity contribution in [2.24, 2.45) is 0 Å². The van der Waals surface area contributed by atoms with Gasteiger partial charge in [0.25, 0.3) is 0 Å². The Morgan fingerprint density at radius 2 is 2.42 bits per heavy atom. The van der Waals surface area contributed by atoms with E-state index in [9.17, 15) is 4.79 Å². The average molecular weight is 172 g/mol. The summed E-state index contributed by atoms with van der Waals surface area (Å²) < 4.78 is 5.05. The SMILES string of the molecule is O=C1NCC2(COC2)NC1CO. The molecule has 1 unspecified atom stereocenters. The zero-order valence-electron chi connectivity index (χ0n) is 6.67. The van der Waals surface area contributed by atoms with E-state index in [2.05, 4.69) is 10.6 Å². The van der Waals surface area contributed by atoms with E-state index in [1.165, 1.54) is 0 Å². The molecule has 1 atom stereocenters. The fourth-order valence-electron chi connectivity index (χ4n) is 1.53. The number of carbonyl (C=O) groups excluding carboxylic acids is 1. The Morgan fingerprint density at radius 3 is 2.92 bits per heavy atom. The molecule has 1 spiro atoms. The van der Waals surface area contributed by atoms with Crippen molar-refractivity contribution >= 4 is 5.91 Å². The number of amides is 1. The Labute approximate surface area is 70.1 Å². The highest BCUT2D eigenvalue weighted by atomic mass is 16.5. The predicted octanol–water partition coefficient (Wildman–Crippen LogP) is -2.16. The molecule has 3 N–H and O–H groups in total. The molecule has 0 saturated carbocycles. The van der Waals surface area contributed by atoms with Gasteiger partial charge in [-0.25, -0.2) is 0 Å². The molecule has 2 saturated heterocycles. The van der Waals surface area contributed by atoms with Crippen LogP contribution in [-0.4, -0.2) is 49.0 Å². The standard InChI is InChI=1S/C7H12N2O3/c10-1-5-6(11)8-2-7(9-5)3-12-4-7/h5,9-10H,1-4H2,(H,8,11). The van der Waals surface area contributed by atoms with Crippen LogP contribution in [-0.2, 0) is 9.53 Å². The molecule has 0 aromatic heterocycles. The van der Waals surface area contributed by atoms with Crippen molar-refractivity contribution in [1.82, 2.24) is 10.6 Å². The number of nitrogens with one attached hydrogen (secondary N) is 2. The number of ether oxygens (including phenoxy) is 1. The Balaban J connectivity index is 2.01. The molecule has 2 heterocycles. The van der Waals surface area contributed by atoms with Gasteiger partial charge in [0.15, 0.2) is 0 Å². The van der Waals surface area contributed by atoms with Crippen LogP contribution >= 0.6 is 0 Å². The van der Waals surface area contributed by atoms with Gasteiger partial charge >= 0.3 is 0 Å². The molecular formula is C7H12N2O3. The summed E-state index contributed by atoms with van der Waals surface area (Å²) >= 11 is 0. The molecule has 2 fully saturated rings. The van der Waals surface area contributed by atoms with E-state index in [1.54, 1.807) is 0 Å². The first-order chi connectivity index (χ1) is 5.76. The minimum absolute atomic E-state index is 0.110. The zero-order valence-corrected chi connectivity index (χ0v) is 6.67. The number of hydrogen-bond acceptors (Lipinski definition) is 4. The van der Waals surface area contributed by atoms with Crippen LogP contribution < -0.4 is 10.6 Å². The first-order valence-corrected chi connectivity index (χ1v) is 4.00. The number of hydrogen-bond donors (Lipinski definition) is 3. The monoisotopic (exact) mass is 172 g/mol. The first-order valence-electron chi connectivity index (χ1n) is 4.00. The summed E-state index contributed by atoms with van der Waals surface area (Å²) in [6.07, 6.45) is 0. The Hall–Kier alpha value is -0.650. The van der Waals surface area contributed by atoms with Crippen molar-refractivity contribution in [3.8, 4) is 0 Å². The third-order valence-electron chi connectivity index (χ3n) is 2.34. The number of piperazine rings is 1.